The van der Waals surface area contributed by atoms with E-state index in [0.29, 0.717) is 6.54 Å². The molecule has 0 saturated heterocycles. The molecule has 0 aliphatic heterocycles. The van der Waals surface area contributed by atoms with Crippen LogP contribution in [0.2, 0.25) is 0 Å². The minimum Gasteiger partial charge on any atom is -0.481 e. The number of amides is 1. The number of carboxylic acids is 1. The van der Waals surface area contributed by atoms with Gasteiger partial charge in [-0.25, -0.2) is 0 Å². The first-order valence-electron chi connectivity index (χ1n) is 6.45. The fourth-order valence-electron chi connectivity index (χ4n) is 1.82. The van der Waals surface area contributed by atoms with Gasteiger partial charge >= 0.3 is 5.97 Å². The summed E-state index contributed by atoms with van der Waals surface area (Å²) < 4.78 is 0. The van der Waals surface area contributed by atoms with E-state index in [1.807, 2.05) is 0 Å². The zero-order chi connectivity index (χ0) is 14.4. The lowest BCUT2D eigenvalue weighted by Crippen LogP contribution is -2.32. The average Bonchev–Trinajstić information content (AvgIpc) is 2.32. The summed E-state index contributed by atoms with van der Waals surface area (Å²) in [6, 6.07) is 6.23. The van der Waals surface area contributed by atoms with Crippen LogP contribution in [0, 0.1) is 19.8 Å². The van der Waals surface area contributed by atoms with E-state index in [0.717, 1.165) is 6.42 Å². The Morgan fingerprint density at radius 1 is 1.26 bits per heavy atom. The van der Waals surface area contributed by atoms with E-state index in [1.54, 1.807) is 6.92 Å². The second-order valence-electron chi connectivity index (χ2n) is 4.96. The number of carbonyl (C=O) groups excluding carboxylic acids is 1. The smallest absolute Gasteiger partial charge is 0.304 e. The second-order valence-corrected chi connectivity index (χ2v) is 4.96. The predicted molar refractivity (Wildman–Crippen MR) is 74.0 cm³/mol. The van der Waals surface area contributed by atoms with Gasteiger partial charge in [0.05, 0.1) is 6.42 Å². The molecule has 1 atom stereocenters. The first-order chi connectivity index (χ1) is 8.90. The monoisotopic (exact) mass is 263 g/mol. The Morgan fingerprint density at radius 2 is 1.95 bits per heavy atom. The van der Waals surface area contributed by atoms with Crippen LogP contribution < -0.4 is 5.32 Å². The summed E-state index contributed by atoms with van der Waals surface area (Å²) in [5.41, 5.74) is 3.67. The van der Waals surface area contributed by atoms with Gasteiger partial charge in [0.2, 0.25) is 5.91 Å². The Hall–Kier alpha value is -1.84. The molecule has 0 heterocycles. The van der Waals surface area contributed by atoms with Gasteiger partial charge in [0, 0.05) is 12.5 Å². The second kappa shape index (κ2) is 6.92. The molecule has 104 valence electrons. The maximum Gasteiger partial charge on any atom is 0.304 e. The van der Waals surface area contributed by atoms with Crippen molar-refractivity contribution in [1.82, 2.24) is 5.32 Å². The quantitative estimate of drug-likeness (QED) is 0.825. The van der Waals surface area contributed by atoms with Crippen molar-refractivity contribution in [3.05, 3.63) is 34.9 Å². The Morgan fingerprint density at radius 3 is 2.53 bits per heavy atom. The Kier molecular flexibility index (Phi) is 5.55. The van der Waals surface area contributed by atoms with Crippen LogP contribution in [-0.4, -0.2) is 23.5 Å². The zero-order valence-electron chi connectivity index (χ0n) is 11.7. The third-order valence-corrected chi connectivity index (χ3v) is 3.21. The number of nitrogens with one attached hydrogen (secondary N) is 1. The SMILES string of the molecule is Cc1ccc(CCNC(=O)C(C)CC(=O)O)cc1C. The van der Waals surface area contributed by atoms with E-state index in [9.17, 15) is 9.59 Å². The van der Waals surface area contributed by atoms with Gasteiger partial charge in [0.25, 0.3) is 0 Å². The molecule has 1 aromatic carbocycles. The van der Waals surface area contributed by atoms with E-state index >= 15 is 0 Å². The molecule has 0 fully saturated rings. The molecule has 1 amide bonds. The van der Waals surface area contributed by atoms with Gasteiger partial charge in [-0.05, 0) is 37.0 Å². The summed E-state index contributed by atoms with van der Waals surface area (Å²) in [6.07, 6.45) is 0.627. The number of aliphatic carboxylic acids is 1. The number of aryl methyl sites for hydroxylation is 2. The Labute approximate surface area is 113 Å². The number of carbonyl (C=O) groups is 2. The number of rotatable bonds is 6. The highest BCUT2D eigenvalue weighted by Crippen LogP contribution is 2.10. The highest BCUT2D eigenvalue weighted by atomic mass is 16.4. The van der Waals surface area contributed by atoms with Crippen LogP contribution in [0.15, 0.2) is 18.2 Å². The molecule has 0 spiro atoms. The van der Waals surface area contributed by atoms with Gasteiger partial charge in [0.15, 0.2) is 0 Å². The van der Waals surface area contributed by atoms with Crippen LogP contribution in [-0.2, 0) is 16.0 Å². The minimum atomic E-state index is -0.947. The Bertz CT molecular complexity index is 468. The predicted octanol–water partition coefficient (Wildman–Crippen LogP) is 2.07. The molecule has 1 rings (SSSR count). The molecule has 19 heavy (non-hydrogen) atoms. The number of hydrogen-bond acceptors (Lipinski definition) is 2. The molecule has 1 aromatic rings. The number of benzene rings is 1. The largest absolute Gasteiger partial charge is 0.481 e. The van der Waals surface area contributed by atoms with Crippen molar-refractivity contribution < 1.29 is 14.7 Å². The van der Waals surface area contributed by atoms with Gasteiger partial charge in [-0.15, -0.1) is 0 Å². The van der Waals surface area contributed by atoms with Gasteiger partial charge in [0.1, 0.15) is 0 Å². The van der Waals surface area contributed by atoms with E-state index in [-0.39, 0.29) is 12.3 Å². The molecule has 1 unspecified atom stereocenters. The standard InChI is InChI=1S/C15H21NO3/c1-10-4-5-13(8-11(10)2)6-7-16-15(19)12(3)9-14(17)18/h4-5,8,12H,6-7,9H2,1-3H3,(H,16,19)(H,17,18). The lowest BCUT2D eigenvalue weighted by Gasteiger charge is -2.10. The van der Waals surface area contributed by atoms with Crippen LogP contribution in [0.25, 0.3) is 0 Å². The summed E-state index contributed by atoms with van der Waals surface area (Å²) in [5, 5.41) is 11.4. The third-order valence-electron chi connectivity index (χ3n) is 3.21. The summed E-state index contributed by atoms with van der Waals surface area (Å²) in [5.74, 6) is -1.64. The highest BCUT2D eigenvalue weighted by molar-refractivity contribution is 5.82. The van der Waals surface area contributed by atoms with Crippen LogP contribution in [0.5, 0.6) is 0 Å². The number of hydrogen-bond donors (Lipinski definition) is 2. The molecule has 0 aromatic heterocycles. The van der Waals surface area contributed by atoms with Crippen molar-refractivity contribution in [3.63, 3.8) is 0 Å². The van der Waals surface area contributed by atoms with E-state index in [1.165, 1.54) is 16.7 Å². The van der Waals surface area contributed by atoms with Crippen molar-refractivity contribution in [2.24, 2.45) is 5.92 Å². The fourth-order valence-corrected chi connectivity index (χ4v) is 1.82. The maximum atomic E-state index is 11.6. The van der Waals surface area contributed by atoms with Crippen molar-refractivity contribution in [1.29, 1.82) is 0 Å². The fraction of sp³-hybridized carbons (Fsp3) is 0.467. The molecular weight excluding hydrogens is 242 g/mol. The zero-order valence-corrected chi connectivity index (χ0v) is 11.7. The molecule has 0 radical (unpaired) electrons. The van der Waals surface area contributed by atoms with Crippen LogP contribution in [0.4, 0.5) is 0 Å². The van der Waals surface area contributed by atoms with Crippen LogP contribution in [0.3, 0.4) is 0 Å². The highest BCUT2D eigenvalue weighted by Gasteiger charge is 2.15. The number of carboxylic acid groups (broad SMARTS) is 1. The first kappa shape index (κ1) is 15.2. The topological polar surface area (TPSA) is 66.4 Å². The summed E-state index contributed by atoms with van der Waals surface area (Å²) in [6.45, 7) is 6.28. The first-order valence-corrected chi connectivity index (χ1v) is 6.45. The molecule has 0 saturated carbocycles. The van der Waals surface area contributed by atoms with Gasteiger partial charge in [-0.2, -0.15) is 0 Å². The molecule has 2 N–H and O–H groups in total. The Balaban J connectivity index is 2.39. The maximum absolute atomic E-state index is 11.6. The van der Waals surface area contributed by atoms with Crippen LogP contribution >= 0.6 is 0 Å². The summed E-state index contributed by atoms with van der Waals surface area (Å²) in [4.78, 5) is 22.1. The molecule has 4 heteroatoms. The molecule has 0 aliphatic carbocycles. The molecule has 0 aliphatic rings. The van der Waals surface area contributed by atoms with Crippen molar-refractivity contribution in [2.75, 3.05) is 6.54 Å². The lowest BCUT2D eigenvalue weighted by atomic mass is 10.0. The molecular formula is C15H21NO3. The van der Waals surface area contributed by atoms with Crippen molar-refractivity contribution in [3.8, 4) is 0 Å². The molecule has 0 bridgehead atoms. The van der Waals surface area contributed by atoms with Gasteiger partial charge < -0.3 is 10.4 Å². The van der Waals surface area contributed by atoms with Crippen molar-refractivity contribution in [2.45, 2.75) is 33.6 Å². The average molecular weight is 263 g/mol. The van der Waals surface area contributed by atoms with E-state index in [4.69, 9.17) is 5.11 Å². The minimum absolute atomic E-state index is 0.129. The third kappa shape index (κ3) is 5.12. The van der Waals surface area contributed by atoms with Crippen molar-refractivity contribution >= 4 is 11.9 Å². The molecule has 4 nitrogen and oxygen atoms in total. The van der Waals surface area contributed by atoms with Gasteiger partial charge in [-0.3, -0.25) is 9.59 Å². The van der Waals surface area contributed by atoms with E-state index < -0.39 is 11.9 Å². The lowest BCUT2D eigenvalue weighted by molar-refractivity contribution is -0.140. The normalized spacial score (nSPS) is 11.9. The summed E-state index contributed by atoms with van der Waals surface area (Å²) in [7, 11) is 0. The van der Waals surface area contributed by atoms with Gasteiger partial charge in [-0.1, -0.05) is 25.1 Å². The summed E-state index contributed by atoms with van der Waals surface area (Å²) >= 11 is 0. The van der Waals surface area contributed by atoms with Crippen LogP contribution in [0.1, 0.15) is 30.0 Å². The van der Waals surface area contributed by atoms with E-state index in [2.05, 4.69) is 37.4 Å².